The van der Waals surface area contributed by atoms with Crippen LogP contribution >= 0.6 is 0 Å². The van der Waals surface area contributed by atoms with Crippen molar-refractivity contribution < 1.29 is 18.8 Å². The first kappa shape index (κ1) is 17.7. The zero-order chi connectivity index (χ0) is 19.0. The third-order valence-corrected chi connectivity index (χ3v) is 5.13. The van der Waals surface area contributed by atoms with Crippen LogP contribution < -0.4 is 20.7 Å². The van der Waals surface area contributed by atoms with Crippen molar-refractivity contribution in [2.24, 2.45) is 0 Å². The van der Waals surface area contributed by atoms with Crippen LogP contribution in [-0.2, 0) is 4.84 Å². The number of nitrogens with zero attached hydrogens (tertiary/aromatic N) is 1. The number of benzene rings is 2. The van der Waals surface area contributed by atoms with Gasteiger partial charge in [0.15, 0.2) is 5.66 Å². The van der Waals surface area contributed by atoms with Crippen molar-refractivity contribution >= 4 is 11.7 Å². The average Bonchev–Trinajstić information content (AvgIpc) is 3.13. The van der Waals surface area contributed by atoms with Crippen LogP contribution in [0.3, 0.4) is 0 Å². The van der Waals surface area contributed by atoms with E-state index in [1.165, 1.54) is 24.3 Å². The standard InChI is InChI=1S/C19H21FN4O3/c1-26-15-9-3-12(4-10-15)16-11-21-17-19(16,24(17)27-2)23-18(25)22-14-7-5-13(20)6-8-14/h3-10,16-17,21H,11H2,1-2H3,(H2,22,23,25)/t16?,17-,19?,24?/m0/s1. The summed E-state index contributed by atoms with van der Waals surface area (Å²) < 4.78 is 18.3. The third kappa shape index (κ3) is 3.01. The van der Waals surface area contributed by atoms with Crippen LogP contribution in [0.15, 0.2) is 48.5 Å². The van der Waals surface area contributed by atoms with E-state index in [2.05, 4.69) is 16.0 Å². The van der Waals surface area contributed by atoms with Gasteiger partial charge in [-0.25, -0.2) is 9.18 Å². The summed E-state index contributed by atoms with van der Waals surface area (Å²) in [5, 5.41) is 10.9. The number of ether oxygens (including phenoxy) is 1. The SMILES string of the molecule is COc1ccc(C2CN[C@H]3N(OC)C23NC(=O)Nc2ccc(F)cc2)cc1. The van der Waals surface area contributed by atoms with E-state index in [0.29, 0.717) is 12.2 Å². The Hall–Kier alpha value is -2.68. The monoisotopic (exact) mass is 372 g/mol. The van der Waals surface area contributed by atoms with Crippen LogP contribution in [0.4, 0.5) is 14.9 Å². The highest BCUT2D eigenvalue weighted by atomic mass is 19.1. The lowest BCUT2D eigenvalue weighted by atomic mass is 9.93. The first-order valence-corrected chi connectivity index (χ1v) is 8.64. The fraction of sp³-hybridized carbons (Fsp3) is 0.316. The minimum Gasteiger partial charge on any atom is -0.497 e. The van der Waals surface area contributed by atoms with Crippen LogP contribution in [0.1, 0.15) is 11.5 Å². The molecule has 0 aliphatic carbocycles. The Kier molecular flexibility index (Phi) is 4.47. The molecular weight excluding hydrogens is 351 g/mol. The van der Waals surface area contributed by atoms with Gasteiger partial charge < -0.3 is 15.4 Å². The molecule has 2 saturated heterocycles. The molecule has 8 heteroatoms. The molecule has 3 N–H and O–H groups in total. The Bertz CT molecular complexity index is 824. The maximum atomic E-state index is 13.0. The molecule has 2 aromatic carbocycles. The fourth-order valence-corrected chi connectivity index (χ4v) is 3.80. The number of urea groups is 1. The zero-order valence-corrected chi connectivity index (χ0v) is 15.0. The number of anilines is 1. The first-order valence-electron chi connectivity index (χ1n) is 8.64. The predicted molar refractivity (Wildman–Crippen MR) is 97.7 cm³/mol. The zero-order valence-electron chi connectivity index (χ0n) is 15.0. The highest BCUT2D eigenvalue weighted by Crippen LogP contribution is 2.51. The Morgan fingerprint density at radius 2 is 1.89 bits per heavy atom. The van der Waals surface area contributed by atoms with Crippen molar-refractivity contribution in [2.75, 3.05) is 26.1 Å². The van der Waals surface area contributed by atoms with Gasteiger partial charge in [0.25, 0.3) is 0 Å². The predicted octanol–water partition coefficient (Wildman–Crippen LogP) is 2.24. The second kappa shape index (κ2) is 6.80. The number of carbonyl (C=O) groups is 1. The molecule has 0 radical (unpaired) electrons. The van der Waals surface area contributed by atoms with E-state index in [-0.39, 0.29) is 23.9 Å². The van der Waals surface area contributed by atoms with Crippen molar-refractivity contribution in [3.8, 4) is 5.75 Å². The Labute approximate surface area is 156 Å². The molecular formula is C19H21FN4O3. The molecule has 3 unspecified atom stereocenters. The van der Waals surface area contributed by atoms with Crippen molar-refractivity contribution in [3.63, 3.8) is 0 Å². The van der Waals surface area contributed by atoms with Gasteiger partial charge in [-0.2, -0.15) is 0 Å². The third-order valence-electron chi connectivity index (χ3n) is 5.13. The van der Waals surface area contributed by atoms with E-state index in [0.717, 1.165) is 11.3 Å². The van der Waals surface area contributed by atoms with Crippen LogP contribution in [0.5, 0.6) is 5.75 Å². The Morgan fingerprint density at radius 1 is 1.19 bits per heavy atom. The van der Waals surface area contributed by atoms with Crippen LogP contribution in [-0.4, -0.2) is 43.7 Å². The van der Waals surface area contributed by atoms with Crippen molar-refractivity contribution in [1.82, 2.24) is 15.7 Å². The van der Waals surface area contributed by atoms with E-state index >= 15 is 0 Å². The summed E-state index contributed by atoms with van der Waals surface area (Å²) in [5.41, 5.74) is 0.888. The van der Waals surface area contributed by atoms with Crippen LogP contribution in [0.25, 0.3) is 0 Å². The van der Waals surface area contributed by atoms with Gasteiger partial charge in [-0.15, -0.1) is 5.06 Å². The van der Waals surface area contributed by atoms with E-state index < -0.39 is 5.66 Å². The molecule has 0 saturated carbocycles. The summed E-state index contributed by atoms with van der Waals surface area (Å²) in [6.45, 7) is 0.702. The fourth-order valence-electron chi connectivity index (χ4n) is 3.80. The van der Waals surface area contributed by atoms with E-state index in [9.17, 15) is 9.18 Å². The number of nitrogens with one attached hydrogen (secondary N) is 3. The second-order valence-electron chi connectivity index (χ2n) is 6.56. The van der Waals surface area contributed by atoms with Gasteiger partial charge in [0.2, 0.25) is 0 Å². The van der Waals surface area contributed by atoms with Crippen LogP contribution in [0, 0.1) is 5.82 Å². The molecule has 2 aliphatic heterocycles. The van der Waals surface area contributed by atoms with Crippen molar-refractivity contribution in [3.05, 3.63) is 59.9 Å². The molecule has 0 bridgehead atoms. The van der Waals surface area contributed by atoms with Gasteiger partial charge in [-0.1, -0.05) is 12.1 Å². The van der Waals surface area contributed by atoms with Gasteiger partial charge in [-0.3, -0.25) is 10.2 Å². The molecule has 142 valence electrons. The number of halogens is 1. The highest BCUT2D eigenvalue weighted by molar-refractivity contribution is 5.90. The number of fused-ring (bicyclic) bond motifs is 1. The maximum absolute atomic E-state index is 13.0. The minimum atomic E-state index is -0.687. The van der Waals surface area contributed by atoms with Crippen molar-refractivity contribution in [1.29, 1.82) is 0 Å². The molecule has 2 aliphatic rings. The average molecular weight is 372 g/mol. The molecule has 0 aromatic heterocycles. The number of amides is 2. The summed E-state index contributed by atoms with van der Waals surface area (Å²) in [6.07, 6.45) is -0.117. The molecule has 2 aromatic rings. The molecule has 2 amide bonds. The lowest BCUT2D eigenvalue weighted by molar-refractivity contribution is -0.0815. The number of hydroxylamine groups is 2. The first-order chi connectivity index (χ1) is 13.1. The van der Waals surface area contributed by atoms with Gasteiger partial charge in [0.1, 0.15) is 17.7 Å². The second-order valence-corrected chi connectivity index (χ2v) is 6.56. The van der Waals surface area contributed by atoms with Gasteiger partial charge >= 0.3 is 6.03 Å². The largest absolute Gasteiger partial charge is 0.497 e. The Morgan fingerprint density at radius 3 is 2.48 bits per heavy atom. The molecule has 0 spiro atoms. The number of hydrogen-bond acceptors (Lipinski definition) is 5. The maximum Gasteiger partial charge on any atom is 0.320 e. The molecule has 2 heterocycles. The molecule has 27 heavy (non-hydrogen) atoms. The number of hydrogen-bond donors (Lipinski definition) is 3. The van der Waals surface area contributed by atoms with E-state index in [4.69, 9.17) is 9.57 Å². The summed E-state index contributed by atoms with van der Waals surface area (Å²) in [6, 6.07) is 13.0. The molecule has 2 fully saturated rings. The van der Waals surface area contributed by atoms with Crippen LogP contribution in [0.2, 0.25) is 0 Å². The topological polar surface area (TPSA) is 74.6 Å². The number of methoxy groups -OCH3 is 1. The molecule has 4 atom stereocenters. The Balaban J connectivity index is 1.53. The summed E-state index contributed by atoms with van der Waals surface area (Å²) in [5.74, 6) is 0.413. The lowest BCUT2D eigenvalue weighted by Crippen LogP contribution is -2.47. The van der Waals surface area contributed by atoms with E-state index in [1.807, 2.05) is 24.3 Å². The molecule has 4 rings (SSSR count). The van der Waals surface area contributed by atoms with Crippen molar-refractivity contribution in [2.45, 2.75) is 17.7 Å². The normalized spacial score (nSPS) is 28.3. The quantitative estimate of drug-likeness (QED) is 0.702. The van der Waals surface area contributed by atoms with Gasteiger partial charge in [0, 0.05) is 18.2 Å². The molecule has 7 nitrogen and oxygen atoms in total. The minimum absolute atomic E-state index is 0.00711. The summed E-state index contributed by atoms with van der Waals surface area (Å²) in [7, 11) is 3.20. The summed E-state index contributed by atoms with van der Waals surface area (Å²) >= 11 is 0. The van der Waals surface area contributed by atoms with Gasteiger partial charge in [0.05, 0.1) is 14.2 Å². The lowest BCUT2D eigenvalue weighted by Gasteiger charge is -2.26. The number of carbonyl (C=O) groups excluding carboxylic acids is 1. The van der Waals surface area contributed by atoms with E-state index in [1.54, 1.807) is 19.3 Å². The smallest absolute Gasteiger partial charge is 0.320 e. The highest BCUT2D eigenvalue weighted by Gasteiger charge is 2.73. The summed E-state index contributed by atoms with van der Waals surface area (Å²) in [4.78, 5) is 18.0. The number of rotatable bonds is 5. The van der Waals surface area contributed by atoms with Gasteiger partial charge in [-0.05, 0) is 42.0 Å².